The van der Waals surface area contributed by atoms with Gasteiger partial charge in [0, 0.05) is 36.0 Å². The van der Waals surface area contributed by atoms with Crippen LogP contribution in [0.1, 0.15) is 69.2 Å². The summed E-state index contributed by atoms with van der Waals surface area (Å²) in [6, 6.07) is 13.0. The van der Waals surface area contributed by atoms with Crippen molar-refractivity contribution in [3.05, 3.63) is 71.8 Å². The van der Waals surface area contributed by atoms with Crippen molar-refractivity contribution in [2.24, 2.45) is 0 Å². The quantitative estimate of drug-likeness (QED) is 0.458. The Morgan fingerprint density at radius 2 is 1.84 bits per heavy atom. The number of carbonyl (C=O) groups excluding carboxylic acids is 1. The fourth-order valence-electron chi connectivity index (χ4n) is 5.77. The number of fused-ring (bicyclic) bond motifs is 2. The average molecular weight is 519 g/mol. The van der Waals surface area contributed by atoms with Crippen molar-refractivity contribution in [2.75, 3.05) is 17.2 Å². The van der Waals surface area contributed by atoms with Gasteiger partial charge in [-0.15, -0.1) is 0 Å². The van der Waals surface area contributed by atoms with Crippen molar-refractivity contribution in [3.8, 4) is 11.1 Å². The predicted octanol–water partition coefficient (Wildman–Crippen LogP) is 5.60. The van der Waals surface area contributed by atoms with E-state index in [2.05, 4.69) is 47.3 Å². The number of anilines is 1. The second-order valence-electron chi connectivity index (χ2n) is 10.5. The molecule has 0 radical (unpaired) electrons. The number of rotatable bonds is 6. The van der Waals surface area contributed by atoms with Gasteiger partial charge in [-0.25, -0.2) is 23.2 Å². The van der Waals surface area contributed by atoms with Crippen molar-refractivity contribution in [1.29, 1.82) is 0 Å². The van der Waals surface area contributed by atoms with E-state index in [0.717, 1.165) is 53.8 Å². The molecule has 1 aliphatic heterocycles. The van der Waals surface area contributed by atoms with Crippen molar-refractivity contribution in [2.45, 2.75) is 69.2 Å². The van der Waals surface area contributed by atoms with Gasteiger partial charge in [0.1, 0.15) is 6.33 Å². The van der Waals surface area contributed by atoms with Gasteiger partial charge in [0.2, 0.25) is 0 Å². The van der Waals surface area contributed by atoms with Gasteiger partial charge in [0.05, 0.1) is 16.3 Å². The molecule has 1 aromatic heterocycles. The topological polar surface area (TPSA) is 92.3 Å². The van der Waals surface area contributed by atoms with Gasteiger partial charge in [-0.2, -0.15) is 0 Å². The number of nitrogens with zero attached hydrogens (tertiary/aromatic N) is 3. The maximum absolute atomic E-state index is 13.4. The van der Waals surface area contributed by atoms with Gasteiger partial charge < -0.3 is 5.32 Å². The minimum Gasteiger partial charge on any atom is -0.334 e. The number of nitrogens with one attached hydrogen (secondary N) is 1. The lowest BCUT2D eigenvalue weighted by Gasteiger charge is -2.25. The second kappa shape index (κ2) is 9.89. The zero-order valence-corrected chi connectivity index (χ0v) is 22.5. The summed E-state index contributed by atoms with van der Waals surface area (Å²) in [5.41, 5.74) is 6.22. The van der Waals surface area contributed by atoms with Crippen LogP contribution in [0.2, 0.25) is 0 Å². The molecule has 2 amide bonds. The molecule has 2 aliphatic rings. The first kappa shape index (κ1) is 25.4. The molecule has 7 nitrogen and oxygen atoms in total. The van der Waals surface area contributed by atoms with Gasteiger partial charge in [-0.05, 0) is 59.7 Å². The van der Waals surface area contributed by atoms with Gasteiger partial charge in [0.25, 0.3) is 0 Å². The SMILES string of the molecule is CCS(=O)(=O)c1ccc(CNC(=O)N2CC3(CCCC3)c3cc(-c4cncnc4C(C)C)ccc32)cc1. The van der Waals surface area contributed by atoms with Crippen LogP contribution >= 0.6 is 0 Å². The Hall–Kier alpha value is -3.26. The molecule has 3 aromatic rings. The number of sulfone groups is 1. The van der Waals surface area contributed by atoms with Crippen LogP contribution in [0.25, 0.3) is 11.1 Å². The first-order chi connectivity index (χ1) is 17.7. The molecule has 2 aromatic carbocycles. The van der Waals surface area contributed by atoms with E-state index in [1.54, 1.807) is 37.5 Å². The van der Waals surface area contributed by atoms with Crippen LogP contribution in [0.5, 0.6) is 0 Å². The zero-order valence-electron chi connectivity index (χ0n) is 21.7. The first-order valence-corrected chi connectivity index (χ1v) is 14.7. The molecule has 5 rings (SSSR count). The van der Waals surface area contributed by atoms with Crippen LogP contribution in [-0.2, 0) is 21.8 Å². The lowest BCUT2D eigenvalue weighted by Crippen LogP contribution is -2.41. The molecule has 0 unspecified atom stereocenters. The first-order valence-electron chi connectivity index (χ1n) is 13.1. The minimum atomic E-state index is -3.24. The summed E-state index contributed by atoms with van der Waals surface area (Å²) in [6.07, 6.45) is 7.97. The fourth-order valence-corrected chi connectivity index (χ4v) is 6.66. The number of carbonyl (C=O) groups is 1. The molecule has 194 valence electrons. The molecule has 1 fully saturated rings. The molecule has 0 bridgehead atoms. The van der Waals surface area contributed by atoms with Gasteiger partial charge in [0.15, 0.2) is 9.84 Å². The molecule has 8 heteroatoms. The molecule has 1 aliphatic carbocycles. The number of aromatic nitrogens is 2. The third-order valence-corrected chi connectivity index (χ3v) is 9.58. The molecule has 37 heavy (non-hydrogen) atoms. The van der Waals surface area contributed by atoms with Gasteiger partial charge in [-0.1, -0.05) is 51.8 Å². The highest BCUT2D eigenvalue weighted by atomic mass is 32.2. The number of urea groups is 1. The maximum Gasteiger partial charge on any atom is 0.322 e. The molecule has 1 saturated carbocycles. The number of hydrogen-bond donors (Lipinski definition) is 1. The summed E-state index contributed by atoms with van der Waals surface area (Å²) in [4.78, 5) is 24.4. The van der Waals surface area contributed by atoms with E-state index in [1.165, 1.54) is 5.56 Å². The molecule has 2 heterocycles. The highest BCUT2D eigenvalue weighted by Gasteiger charge is 2.46. The van der Waals surface area contributed by atoms with Crippen LogP contribution in [-0.4, -0.2) is 36.7 Å². The summed E-state index contributed by atoms with van der Waals surface area (Å²) < 4.78 is 24.2. The predicted molar refractivity (Wildman–Crippen MR) is 145 cm³/mol. The van der Waals surface area contributed by atoms with Gasteiger partial charge in [-0.3, -0.25) is 4.90 Å². The molecular weight excluding hydrogens is 484 g/mol. The average Bonchev–Trinajstić information content (AvgIpc) is 3.52. The van der Waals surface area contributed by atoms with E-state index in [4.69, 9.17) is 0 Å². The zero-order chi connectivity index (χ0) is 26.2. The fraction of sp³-hybridized carbons (Fsp3) is 0.414. The van der Waals surface area contributed by atoms with Crippen molar-refractivity contribution >= 4 is 21.6 Å². The van der Waals surface area contributed by atoms with E-state index >= 15 is 0 Å². The van der Waals surface area contributed by atoms with Crippen molar-refractivity contribution in [3.63, 3.8) is 0 Å². The van der Waals surface area contributed by atoms with Crippen LogP contribution in [0.4, 0.5) is 10.5 Å². The standard InChI is InChI=1S/C29H34N4O3S/c1-4-37(35,36)23-10-7-21(8-11-23)16-31-28(34)33-18-29(13-5-6-14-29)25-15-22(9-12-26(25)33)24-17-30-19-32-27(24)20(2)3/h7-12,15,17,19-20H,4-6,13-14,16,18H2,1-3H3,(H,31,34). The summed E-state index contributed by atoms with van der Waals surface area (Å²) in [6.45, 7) is 6.92. The summed E-state index contributed by atoms with van der Waals surface area (Å²) in [5, 5.41) is 3.05. The molecular formula is C29H34N4O3S. The summed E-state index contributed by atoms with van der Waals surface area (Å²) in [7, 11) is -3.24. The molecule has 1 N–H and O–H groups in total. The number of benzene rings is 2. The van der Waals surface area contributed by atoms with E-state index < -0.39 is 9.84 Å². The Labute approximate surface area is 219 Å². The summed E-state index contributed by atoms with van der Waals surface area (Å²) >= 11 is 0. The largest absolute Gasteiger partial charge is 0.334 e. The van der Waals surface area contributed by atoms with E-state index in [9.17, 15) is 13.2 Å². The molecule has 0 saturated heterocycles. The number of amides is 2. The van der Waals surface area contributed by atoms with Crippen molar-refractivity contribution < 1.29 is 13.2 Å². The Morgan fingerprint density at radius 1 is 1.11 bits per heavy atom. The third kappa shape index (κ3) is 4.75. The minimum absolute atomic E-state index is 0.0214. The van der Waals surface area contributed by atoms with Crippen LogP contribution in [0, 0.1) is 0 Å². The maximum atomic E-state index is 13.4. The Balaban J connectivity index is 1.40. The van der Waals surface area contributed by atoms with Crippen LogP contribution in [0.15, 0.2) is 59.9 Å². The Morgan fingerprint density at radius 3 is 2.51 bits per heavy atom. The Bertz CT molecular complexity index is 1410. The third-order valence-electron chi connectivity index (χ3n) is 7.83. The second-order valence-corrected chi connectivity index (χ2v) is 12.8. The highest BCUT2D eigenvalue weighted by molar-refractivity contribution is 7.91. The smallest absolute Gasteiger partial charge is 0.322 e. The molecule has 0 atom stereocenters. The Kier molecular flexibility index (Phi) is 6.79. The lowest BCUT2D eigenvalue weighted by atomic mass is 9.80. The molecule has 1 spiro atoms. The normalized spacial score (nSPS) is 16.4. The van der Waals surface area contributed by atoms with Crippen LogP contribution in [0.3, 0.4) is 0 Å². The monoisotopic (exact) mass is 518 g/mol. The summed E-state index contributed by atoms with van der Waals surface area (Å²) in [5.74, 6) is 0.349. The van der Waals surface area contributed by atoms with Gasteiger partial charge >= 0.3 is 6.03 Å². The number of hydrogen-bond acceptors (Lipinski definition) is 5. The lowest BCUT2D eigenvalue weighted by molar-refractivity contribution is 0.245. The van der Waals surface area contributed by atoms with E-state index in [0.29, 0.717) is 18.0 Å². The van der Waals surface area contributed by atoms with E-state index in [1.807, 2.05) is 11.1 Å². The van der Waals surface area contributed by atoms with E-state index in [-0.39, 0.29) is 23.1 Å². The van der Waals surface area contributed by atoms with Crippen LogP contribution < -0.4 is 10.2 Å². The highest BCUT2D eigenvalue weighted by Crippen LogP contribution is 2.51. The van der Waals surface area contributed by atoms with Crippen molar-refractivity contribution in [1.82, 2.24) is 15.3 Å².